The Bertz CT molecular complexity index is 382. The second kappa shape index (κ2) is 16.2. The smallest absolute Gasteiger partial charge is 1.00 e. The summed E-state index contributed by atoms with van der Waals surface area (Å²) in [4.78, 5) is 0. The largest absolute Gasteiger partial charge is 4.00 e. The molecule has 0 spiro atoms. The van der Waals surface area contributed by atoms with E-state index >= 15 is 0 Å². The number of rotatable bonds is 0. The Balaban J connectivity index is -0.000000130. The second-order valence-electron chi connectivity index (χ2n) is 7.47. The number of hydrogen-bond donors (Lipinski definition) is 0. The Morgan fingerprint density at radius 1 is 0.750 bits per heavy atom. The average Bonchev–Trinajstić information content (AvgIpc) is 3.03. The van der Waals surface area contributed by atoms with Crippen molar-refractivity contribution in [2.75, 3.05) is 0 Å². The van der Waals surface area contributed by atoms with E-state index in [1.165, 1.54) is 11.1 Å². The molecule has 0 amide bonds. The van der Waals surface area contributed by atoms with Crippen LogP contribution in [0.2, 0.25) is 11.5 Å². The van der Waals surface area contributed by atoms with E-state index in [0.717, 1.165) is 12.8 Å². The molecule has 0 atom stereocenters. The molecule has 2 aliphatic rings. The predicted octanol–water partition coefficient (Wildman–Crippen LogP) is -0.0314. The molecule has 0 aliphatic heterocycles. The van der Waals surface area contributed by atoms with Crippen LogP contribution in [0.25, 0.3) is 0 Å². The van der Waals surface area contributed by atoms with Gasteiger partial charge in [-0.05, 0) is 10.8 Å². The zero-order valence-corrected chi connectivity index (χ0v) is 22.9. The first-order valence-electron chi connectivity index (χ1n) is 7.92. The third-order valence-corrected chi connectivity index (χ3v) is 3.01. The molecule has 2 aliphatic carbocycles. The van der Waals surface area contributed by atoms with Gasteiger partial charge in [-0.15, -0.1) is 12.8 Å². The van der Waals surface area contributed by atoms with Crippen LogP contribution in [0.5, 0.6) is 0 Å². The van der Waals surface area contributed by atoms with Gasteiger partial charge in [-0.2, -0.15) is 12.2 Å². The normalized spacial score (nSPS) is 14.5. The van der Waals surface area contributed by atoms with Crippen LogP contribution in [0.3, 0.4) is 0 Å². The van der Waals surface area contributed by atoms with E-state index in [0.29, 0.717) is 26.3 Å². The van der Waals surface area contributed by atoms with Crippen molar-refractivity contribution in [1.29, 1.82) is 0 Å². The first-order valence-corrected chi connectivity index (χ1v) is 12.8. The van der Waals surface area contributed by atoms with Gasteiger partial charge in [-0.3, -0.25) is 12.2 Å². The van der Waals surface area contributed by atoms with Crippen molar-refractivity contribution >= 4 is 15.4 Å². The van der Waals surface area contributed by atoms with Gasteiger partial charge in [0, 0.05) is 0 Å². The van der Waals surface area contributed by atoms with Crippen LogP contribution in [0.4, 0.5) is 0 Å². The van der Waals surface area contributed by atoms with Crippen molar-refractivity contribution in [2.24, 2.45) is 10.8 Å². The van der Waals surface area contributed by atoms with E-state index in [1.807, 2.05) is 0 Å². The van der Waals surface area contributed by atoms with Crippen molar-refractivity contribution in [1.82, 2.24) is 0 Å². The molecule has 2 rings (SSSR count). The van der Waals surface area contributed by atoms with E-state index in [1.54, 1.807) is 0 Å². The standard InChI is InChI=1S/2C9H13.C2H7Ge.2ClH.Zr/c2*1-9(2,3)8-6-4-5-7-8;1-3-2;;;/h2*4,6H,5H2,1-3H3;3H,1-2H3;2*1H;/q2*-1;;;;+4/p-2. The Morgan fingerprint density at radius 3 is 1.08 bits per heavy atom. The van der Waals surface area contributed by atoms with Gasteiger partial charge in [0.15, 0.2) is 0 Å². The third-order valence-electron chi connectivity index (χ3n) is 3.01. The number of allylic oxidation sites excluding steroid dienone is 8. The zero-order valence-electron chi connectivity index (χ0n) is 16.6. The molecule has 0 aromatic carbocycles. The van der Waals surface area contributed by atoms with Gasteiger partial charge in [0.2, 0.25) is 0 Å². The number of halogens is 2. The van der Waals surface area contributed by atoms with E-state index in [9.17, 15) is 0 Å². The fraction of sp³-hybridized carbons (Fsp3) is 0.600. The summed E-state index contributed by atoms with van der Waals surface area (Å²) in [5, 5.41) is 0. The molecule has 0 nitrogen and oxygen atoms in total. The van der Waals surface area contributed by atoms with Crippen LogP contribution in [-0.4, -0.2) is 15.4 Å². The van der Waals surface area contributed by atoms with Crippen molar-refractivity contribution < 1.29 is 51.0 Å². The maximum atomic E-state index is 3.30. The van der Waals surface area contributed by atoms with E-state index in [4.69, 9.17) is 0 Å². The quantitative estimate of drug-likeness (QED) is 0.319. The van der Waals surface area contributed by atoms with Gasteiger partial charge in [0.05, 0.1) is 0 Å². The number of hydrogen-bond acceptors (Lipinski definition) is 0. The molecular formula is C20H33Cl2GeZr. The summed E-state index contributed by atoms with van der Waals surface area (Å²) in [7, 11) is 0. The van der Waals surface area contributed by atoms with Gasteiger partial charge >= 0.3 is 53.1 Å². The van der Waals surface area contributed by atoms with Crippen LogP contribution in [0.15, 0.2) is 35.5 Å². The summed E-state index contributed by atoms with van der Waals surface area (Å²) in [6, 6.07) is 0. The third kappa shape index (κ3) is 15.2. The van der Waals surface area contributed by atoms with Crippen LogP contribution in [0, 0.1) is 23.0 Å². The van der Waals surface area contributed by atoms with Gasteiger partial charge in [0.1, 0.15) is 0 Å². The second-order valence-corrected chi connectivity index (χ2v) is 9.89. The summed E-state index contributed by atoms with van der Waals surface area (Å²) in [6.45, 7) is 13.3. The minimum absolute atomic E-state index is 0. The maximum absolute atomic E-state index is 3.30. The molecule has 135 valence electrons. The fourth-order valence-corrected chi connectivity index (χ4v) is 1.84. The van der Waals surface area contributed by atoms with E-state index in [2.05, 4.69) is 89.5 Å². The van der Waals surface area contributed by atoms with Crippen LogP contribution < -0.4 is 24.8 Å². The first-order chi connectivity index (χ1) is 9.62. The Labute approximate surface area is 189 Å². The minimum Gasteiger partial charge on any atom is -1.00 e. The molecule has 4 heteroatoms. The molecule has 0 saturated carbocycles. The van der Waals surface area contributed by atoms with Gasteiger partial charge in [-0.25, -0.2) is 23.3 Å². The first kappa shape index (κ1) is 32.6. The van der Waals surface area contributed by atoms with Crippen LogP contribution >= 0.6 is 0 Å². The van der Waals surface area contributed by atoms with Crippen molar-refractivity contribution in [3.8, 4) is 0 Å². The predicted molar refractivity (Wildman–Crippen MR) is 98.8 cm³/mol. The fourth-order valence-electron chi connectivity index (χ4n) is 1.84. The van der Waals surface area contributed by atoms with Crippen molar-refractivity contribution in [3.63, 3.8) is 0 Å². The average molecular weight is 508 g/mol. The van der Waals surface area contributed by atoms with Gasteiger partial charge in [0.25, 0.3) is 0 Å². The molecule has 0 N–H and O–H groups in total. The summed E-state index contributed by atoms with van der Waals surface area (Å²) in [5.74, 6) is 4.56. The topological polar surface area (TPSA) is 0 Å². The van der Waals surface area contributed by atoms with Gasteiger partial charge < -0.3 is 24.8 Å². The summed E-state index contributed by atoms with van der Waals surface area (Å²) in [5.41, 5.74) is 3.30. The molecular weight excluding hydrogens is 475 g/mol. The molecule has 0 aromatic rings. The SMILES string of the molecule is CC(C)(C)C1=[C-]CC=C1.CC(C)(C)C1=[C-]CC=C1.[CH3][GeH][CH3].[Cl-].[Cl-].[Zr+4]. The summed E-state index contributed by atoms with van der Waals surface area (Å²) < 4.78 is 0. The molecule has 0 unspecified atom stereocenters. The Hall–Kier alpha value is 0.966. The maximum Gasteiger partial charge on any atom is 4.00 e. The molecule has 0 fully saturated rings. The van der Waals surface area contributed by atoms with Crippen molar-refractivity contribution in [2.45, 2.75) is 65.9 Å². The minimum atomic E-state index is 0. The summed E-state index contributed by atoms with van der Waals surface area (Å²) in [6.07, 6.45) is 17.3. The molecule has 0 saturated heterocycles. The van der Waals surface area contributed by atoms with Crippen LogP contribution in [0.1, 0.15) is 54.4 Å². The molecule has 24 heavy (non-hydrogen) atoms. The van der Waals surface area contributed by atoms with E-state index < -0.39 is 0 Å². The summed E-state index contributed by atoms with van der Waals surface area (Å²) >= 11 is 0.312. The molecule has 0 heterocycles. The van der Waals surface area contributed by atoms with E-state index in [-0.39, 0.29) is 51.0 Å². The van der Waals surface area contributed by atoms with Crippen LogP contribution in [-0.2, 0) is 26.2 Å². The molecule has 0 bridgehead atoms. The van der Waals surface area contributed by atoms with Gasteiger partial charge in [-0.1, -0.05) is 41.5 Å². The molecule has 1 radical (unpaired) electrons. The van der Waals surface area contributed by atoms with Crippen molar-refractivity contribution in [3.05, 3.63) is 47.6 Å². The zero-order chi connectivity index (χ0) is 16.5. The monoisotopic (exact) mass is 507 g/mol. The Morgan fingerprint density at radius 2 is 1.00 bits per heavy atom. The molecule has 0 aromatic heterocycles. The Kier molecular flexibility index (Phi) is 22.0.